The molecule has 5 heteroatoms. The fraction of sp³-hybridized carbons (Fsp3) is 0.385. The summed E-state index contributed by atoms with van der Waals surface area (Å²) in [7, 11) is 1.60. The minimum Gasteiger partial charge on any atom is -0.399 e. The highest BCUT2D eigenvalue weighted by Gasteiger charge is 2.52. The largest absolute Gasteiger partial charge is 0.399 e. The van der Waals surface area contributed by atoms with Crippen molar-refractivity contribution in [3.05, 3.63) is 29.8 Å². The highest BCUT2D eigenvalue weighted by Crippen LogP contribution is 2.49. The minimum absolute atomic E-state index is 0.0461. The Morgan fingerprint density at radius 2 is 1.83 bits per heavy atom. The van der Waals surface area contributed by atoms with Crippen LogP contribution in [-0.2, 0) is 15.0 Å². The summed E-state index contributed by atoms with van der Waals surface area (Å²) in [5.41, 5.74) is 11.9. The normalized spacial score (nSPS) is 16.1. The zero-order valence-electron chi connectivity index (χ0n) is 10.3. The van der Waals surface area contributed by atoms with E-state index >= 15 is 0 Å². The number of likely N-dealkylation sites (N-methyl/N-ethyl adjacent to an activating group) is 1. The average molecular weight is 247 g/mol. The Kier molecular flexibility index (Phi) is 2.98. The smallest absolute Gasteiger partial charge is 0.237 e. The highest BCUT2D eigenvalue weighted by molar-refractivity contribution is 5.93. The van der Waals surface area contributed by atoms with Crippen molar-refractivity contribution in [3.8, 4) is 0 Å². The number of primary amides is 1. The van der Waals surface area contributed by atoms with Crippen LogP contribution in [0.5, 0.6) is 0 Å². The van der Waals surface area contributed by atoms with Crippen molar-refractivity contribution in [2.45, 2.75) is 18.3 Å². The van der Waals surface area contributed by atoms with Crippen LogP contribution in [0.15, 0.2) is 24.3 Å². The average Bonchev–Trinajstić information content (AvgIpc) is 3.09. The third-order valence-electron chi connectivity index (χ3n) is 3.36. The lowest BCUT2D eigenvalue weighted by molar-refractivity contribution is -0.136. The van der Waals surface area contributed by atoms with E-state index in [1.165, 1.54) is 4.90 Å². The van der Waals surface area contributed by atoms with Crippen LogP contribution in [-0.4, -0.2) is 30.3 Å². The Bertz CT molecular complexity index is 478. The van der Waals surface area contributed by atoms with Gasteiger partial charge in [-0.1, -0.05) is 12.1 Å². The van der Waals surface area contributed by atoms with Crippen LogP contribution in [0.25, 0.3) is 0 Å². The molecule has 4 N–H and O–H groups in total. The van der Waals surface area contributed by atoms with Gasteiger partial charge in [0.2, 0.25) is 11.8 Å². The number of carbonyl (C=O) groups is 2. The second-order valence-corrected chi connectivity index (χ2v) is 4.83. The molecule has 2 amide bonds. The number of benzene rings is 1. The molecule has 1 aromatic rings. The van der Waals surface area contributed by atoms with Gasteiger partial charge in [-0.3, -0.25) is 9.59 Å². The van der Waals surface area contributed by atoms with E-state index in [0.29, 0.717) is 5.69 Å². The van der Waals surface area contributed by atoms with E-state index in [2.05, 4.69) is 0 Å². The van der Waals surface area contributed by atoms with Gasteiger partial charge in [-0.25, -0.2) is 0 Å². The number of nitrogen functional groups attached to an aromatic ring is 1. The fourth-order valence-corrected chi connectivity index (χ4v) is 2.22. The molecule has 1 saturated carbocycles. The van der Waals surface area contributed by atoms with Gasteiger partial charge in [0, 0.05) is 12.7 Å². The maximum atomic E-state index is 12.3. The summed E-state index contributed by atoms with van der Waals surface area (Å²) in [6.45, 7) is -0.0461. The molecule has 0 heterocycles. The van der Waals surface area contributed by atoms with E-state index in [-0.39, 0.29) is 12.5 Å². The molecule has 0 atom stereocenters. The number of rotatable bonds is 4. The molecule has 5 nitrogen and oxygen atoms in total. The van der Waals surface area contributed by atoms with E-state index in [9.17, 15) is 9.59 Å². The fourth-order valence-electron chi connectivity index (χ4n) is 2.22. The molecule has 0 aromatic heterocycles. The van der Waals surface area contributed by atoms with Crippen LogP contribution in [0.4, 0.5) is 5.69 Å². The van der Waals surface area contributed by atoms with Gasteiger partial charge in [-0.15, -0.1) is 0 Å². The second-order valence-electron chi connectivity index (χ2n) is 4.83. The quantitative estimate of drug-likeness (QED) is 0.747. The number of amides is 2. The van der Waals surface area contributed by atoms with Crippen molar-refractivity contribution < 1.29 is 9.59 Å². The molecule has 96 valence electrons. The van der Waals surface area contributed by atoms with Gasteiger partial charge in [0.1, 0.15) is 0 Å². The number of hydrogen-bond acceptors (Lipinski definition) is 3. The standard InChI is InChI=1S/C13H17N3O2/c1-16(8-11(15)17)12(18)13(6-7-13)9-2-4-10(14)5-3-9/h2-5H,6-8,14H2,1H3,(H2,15,17). The van der Waals surface area contributed by atoms with Crippen molar-refractivity contribution in [2.75, 3.05) is 19.3 Å². The molecule has 0 radical (unpaired) electrons. The highest BCUT2D eigenvalue weighted by atomic mass is 16.2. The van der Waals surface area contributed by atoms with Crippen molar-refractivity contribution in [3.63, 3.8) is 0 Å². The number of nitrogens with two attached hydrogens (primary N) is 2. The first-order valence-corrected chi connectivity index (χ1v) is 5.85. The monoisotopic (exact) mass is 247 g/mol. The molecule has 0 bridgehead atoms. The van der Waals surface area contributed by atoms with E-state index in [0.717, 1.165) is 18.4 Å². The molecule has 1 aromatic carbocycles. The topological polar surface area (TPSA) is 89.4 Å². The minimum atomic E-state index is -0.501. The maximum Gasteiger partial charge on any atom is 0.237 e. The van der Waals surface area contributed by atoms with Gasteiger partial charge >= 0.3 is 0 Å². The molecule has 0 aliphatic heterocycles. The van der Waals surface area contributed by atoms with Crippen LogP contribution in [0.1, 0.15) is 18.4 Å². The summed E-state index contributed by atoms with van der Waals surface area (Å²) < 4.78 is 0. The Balaban J connectivity index is 2.19. The van der Waals surface area contributed by atoms with Gasteiger partial charge in [0.05, 0.1) is 12.0 Å². The SMILES string of the molecule is CN(CC(N)=O)C(=O)C1(c2ccc(N)cc2)CC1. The summed E-state index contributed by atoms with van der Waals surface area (Å²) in [5, 5.41) is 0. The molecule has 1 aliphatic rings. The number of anilines is 1. The van der Waals surface area contributed by atoms with Crippen LogP contribution in [0, 0.1) is 0 Å². The molecule has 0 unspecified atom stereocenters. The first-order valence-electron chi connectivity index (χ1n) is 5.85. The molecule has 1 aliphatic carbocycles. The molecule has 0 saturated heterocycles. The third-order valence-corrected chi connectivity index (χ3v) is 3.36. The summed E-state index contributed by atoms with van der Waals surface area (Å²) >= 11 is 0. The third kappa shape index (κ3) is 2.16. The van der Waals surface area contributed by atoms with Gasteiger partial charge in [0.25, 0.3) is 0 Å². The Morgan fingerprint density at radius 3 is 2.28 bits per heavy atom. The molecular weight excluding hydrogens is 230 g/mol. The Morgan fingerprint density at radius 1 is 1.28 bits per heavy atom. The zero-order chi connectivity index (χ0) is 13.3. The summed E-state index contributed by atoms with van der Waals surface area (Å²) in [6.07, 6.45) is 1.61. The van der Waals surface area contributed by atoms with E-state index in [1.54, 1.807) is 19.2 Å². The van der Waals surface area contributed by atoms with Crippen LogP contribution in [0.3, 0.4) is 0 Å². The first-order chi connectivity index (χ1) is 8.45. The zero-order valence-corrected chi connectivity index (χ0v) is 10.3. The molecule has 1 fully saturated rings. The second kappa shape index (κ2) is 4.33. The van der Waals surface area contributed by atoms with Gasteiger partial charge in [0.15, 0.2) is 0 Å². The van der Waals surface area contributed by atoms with Crippen LogP contribution >= 0.6 is 0 Å². The molecule has 0 spiro atoms. The van der Waals surface area contributed by atoms with Crippen molar-refractivity contribution in [1.29, 1.82) is 0 Å². The van der Waals surface area contributed by atoms with E-state index in [1.807, 2.05) is 12.1 Å². The first kappa shape index (κ1) is 12.4. The number of carbonyl (C=O) groups excluding carboxylic acids is 2. The summed E-state index contributed by atoms with van der Waals surface area (Å²) in [5.74, 6) is -0.551. The molecular formula is C13H17N3O2. The number of nitrogens with zero attached hydrogens (tertiary/aromatic N) is 1. The molecule has 2 rings (SSSR count). The Hall–Kier alpha value is -2.04. The summed E-state index contributed by atoms with van der Waals surface area (Å²) in [6, 6.07) is 7.32. The van der Waals surface area contributed by atoms with Crippen molar-refractivity contribution in [1.82, 2.24) is 4.90 Å². The summed E-state index contributed by atoms with van der Waals surface area (Å²) in [4.78, 5) is 24.6. The maximum absolute atomic E-state index is 12.3. The number of hydrogen-bond donors (Lipinski definition) is 2. The van der Waals surface area contributed by atoms with Crippen molar-refractivity contribution in [2.24, 2.45) is 5.73 Å². The van der Waals surface area contributed by atoms with Crippen molar-refractivity contribution >= 4 is 17.5 Å². The van der Waals surface area contributed by atoms with Gasteiger partial charge in [-0.05, 0) is 30.5 Å². The molecule has 18 heavy (non-hydrogen) atoms. The van der Waals surface area contributed by atoms with Crippen LogP contribution in [0.2, 0.25) is 0 Å². The lowest BCUT2D eigenvalue weighted by Gasteiger charge is -2.22. The predicted molar refractivity (Wildman–Crippen MR) is 68.6 cm³/mol. The van der Waals surface area contributed by atoms with Gasteiger partial charge in [-0.2, -0.15) is 0 Å². The Labute approximate surface area is 106 Å². The lowest BCUT2D eigenvalue weighted by Crippen LogP contribution is -2.41. The van der Waals surface area contributed by atoms with Gasteiger partial charge < -0.3 is 16.4 Å². The lowest BCUT2D eigenvalue weighted by atomic mass is 9.94. The van der Waals surface area contributed by atoms with Crippen LogP contribution < -0.4 is 11.5 Å². The predicted octanol–water partition coefficient (Wildman–Crippen LogP) is 0.244. The van der Waals surface area contributed by atoms with E-state index < -0.39 is 11.3 Å². The van der Waals surface area contributed by atoms with E-state index in [4.69, 9.17) is 11.5 Å².